The third-order valence-electron chi connectivity index (χ3n) is 6.69. The predicted molar refractivity (Wildman–Crippen MR) is 162 cm³/mol. The first-order chi connectivity index (χ1) is 19.2. The van der Waals surface area contributed by atoms with E-state index < -0.39 is 5.97 Å². The van der Waals surface area contributed by atoms with Crippen LogP contribution in [0.2, 0.25) is 5.02 Å². The smallest absolute Gasteiger partial charge is 0.303 e. The van der Waals surface area contributed by atoms with Gasteiger partial charge in [0.2, 0.25) is 5.91 Å². The molecule has 0 radical (unpaired) electrons. The van der Waals surface area contributed by atoms with Gasteiger partial charge in [-0.15, -0.1) is 0 Å². The van der Waals surface area contributed by atoms with Crippen LogP contribution in [0.3, 0.4) is 0 Å². The minimum absolute atomic E-state index is 0.00101. The molecule has 2 aromatic rings. The summed E-state index contributed by atoms with van der Waals surface area (Å²) < 4.78 is 5.67. The first-order valence-electron chi connectivity index (χ1n) is 13.8. The van der Waals surface area contributed by atoms with Gasteiger partial charge in [0.05, 0.1) is 18.5 Å². The number of carboxylic acids is 1. The van der Waals surface area contributed by atoms with Gasteiger partial charge < -0.3 is 19.6 Å². The predicted octanol–water partition coefficient (Wildman–Crippen LogP) is 4.70. The number of halogens is 1. The zero-order valence-electron chi connectivity index (χ0n) is 23.4. The number of carboxylic acid groups (broad SMARTS) is 1. The lowest BCUT2D eigenvalue weighted by Crippen LogP contribution is -2.49. The van der Waals surface area contributed by atoms with E-state index in [0.717, 1.165) is 31.1 Å². The van der Waals surface area contributed by atoms with E-state index in [1.54, 1.807) is 17.0 Å². The van der Waals surface area contributed by atoms with Gasteiger partial charge in [-0.1, -0.05) is 23.7 Å². The van der Waals surface area contributed by atoms with Crippen molar-refractivity contribution < 1.29 is 24.2 Å². The van der Waals surface area contributed by atoms with Crippen LogP contribution < -0.4 is 4.90 Å². The molecule has 8 nitrogen and oxygen atoms in total. The highest BCUT2D eigenvalue weighted by Gasteiger charge is 2.23. The van der Waals surface area contributed by atoms with E-state index in [0.29, 0.717) is 49.7 Å². The molecule has 0 saturated carbocycles. The summed E-state index contributed by atoms with van der Waals surface area (Å²) in [5.74, 6) is -0.0361. The number of rotatable bonds is 15. The Kier molecular flexibility index (Phi) is 13.3. The van der Waals surface area contributed by atoms with Crippen LogP contribution >= 0.6 is 23.4 Å². The zero-order chi connectivity index (χ0) is 28.9. The van der Waals surface area contributed by atoms with Gasteiger partial charge in [-0.25, -0.2) is 0 Å². The largest absolute Gasteiger partial charge is 0.481 e. The van der Waals surface area contributed by atoms with E-state index in [2.05, 4.69) is 17.0 Å². The molecule has 1 saturated heterocycles. The summed E-state index contributed by atoms with van der Waals surface area (Å²) in [6.07, 6.45) is 1.63. The molecule has 1 fully saturated rings. The fourth-order valence-corrected chi connectivity index (χ4v) is 5.37. The molecular formula is C30H40ClN3O5S. The van der Waals surface area contributed by atoms with Crippen LogP contribution in [0.25, 0.3) is 0 Å². The first-order valence-corrected chi connectivity index (χ1v) is 15.3. The molecule has 1 N–H and O–H groups in total. The molecule has 10 heteroatoms. The van der Waals surface area contributed by atoms with Crippen molar-refractivity contribution in [2.75, 3.05) is 62.3 Å². The quantitative estimate of drug-likeness (QED) is 0.301. The molecule has 0 unspecified atom stereocenters. The highest BCUT2D eigenvalue weighted by Crippen LogP contribution is 2.19. The standard InChI is InChI=1S/C30H40ClN3O5S/c1-23(2)39-20-19-34(28(35)22-40-21-3-4-29(36)37)27-11-7-25(8-12-27)30(38)33-17-15-32(16-18-33)14-13-24-5-9-26(31)10-6-24/h5-12,23H,3-4,13-22H2,1-2H3,(H,36,37). The van der Waals surface area contributed by atoms with Crippen LogP contribution in [-0.2, 0) is 20.7 Å². The molecule has 0 aromatic heterocycles. The van der Waals surface area contributed by atoms with Gasteiger partial charge in [-0.2, -0.15) is 11.8 Å². The van der Waals surface area contributed by atoms with Crippen molar-refractivity contribution >= 4 is 46.8 Å². The topological polar surface area (TPSA) is 90.4 Å². The number of thioether (sulfide) groups is 1. The molecule has 1 heterocycles. The van der Waals surface area contributed by atoms with Gasteiger partial charge in [0, 0.05) is 62.0 Å². The van der Waals surface area contributed by atoms with E-state index in [-0.39, 0.29) is 30.1 Å². The van der Waals surface area contributed by atoms with Crippen LogP contribution in [-0.4, -0.2) is 96.2 Å². The maximum Gasteiger partial charge on any atom is 0.303 e. The zero-order valence-corrected chi connectivity index (χ0v) is 25.0. The van der Waals surface area contributed by atoms with Crippen molar-refractivity contribution in [2.24, 2.45) is 0 Å². The van der Waals surface area contributed by atoms with Crippen LogP contribution in [0.4, 0.5) is 5.69 Å². The highest BCUT2D eigenvalue weighted by atomic mass is 35.5. The number of carbonyl (C=O) groups excluding carboxylic acids is 2. The van der Waals surface area contributed by atoms with Gasteiger partial charge in [0.25, 0.3) is 5.91 Å². The van der Waals surface area contributed by atoms with E-state index in [9.17, 15) is 14.4 Å². The maximum absolute atomic E-state index is 13.2. The van der Waals surface area contributed by atoms with Gasteiger partial charge in [-0.3, -0.25) is 19.3 Å². The Morgan fingerprint density at radius 1 is 1.02 bits per heavy atom. The molecule has 1 aliphatic rings. The minimum Gasteiger partial charge on any atom is -0.481 e. The minimum atomic E-state index is -0.829. The Morgan fingerprint density at radius 3 is 2.33 bits per heavy atom. The average molecular weight is 590 g/mol. The number of anilines is 1. The summed E-state index contributed by atoms with van der Waals surface area (Å²) in [6.45, 7) is 8.66. The fourth-order valence-electron chi connectivity index (χ4n) is 4.42. The highest BCUT2D eigenvalue weighted by molar-refractivity contribution is 7.99. The van der Waals surface area contributed by atoms with Crippen molar-refractivity contribution in [1.29, 1.82) is 0 Å². The van der Waals surface area contributed by atoms with Gasteiger partial charge in [0.15, 0.2) is 0 Å². The molecule has 2 aromatic carbocycles. The summed E-state index contributed by atoms with van der Waals surface area (Å²) in [6, 6.07) is 15.1. The summed E-state index contributed by atoms with van der Waals surface area (Å²) >= 11 is 7.40. The number of ether oxygens (including phenoxy) is 1. The summed E-state index contributed by atoms with van der Waals surface area (Å²) in [5.41, 5.74) is 2.57. The molecule has 0 aliphatic carbocycles. The van der Waals surface area contributed by atoms with Crippen molar-refractivity contribution in [3.63, 3.8) is 0 Å². The van der Waals surface area contributed by atoms with Crippen molar-refractivity contribution in [3.8, 4) is 0 Å². The molecule has 3 rings (SSSR count). The number of nitrogens with zero attached hydrogens (tertiary/aromatic N) is 3. The Bertz CT molecular complexity index is 1090. The Balaban J connectivity index is 1.52. The van der Waals surface area contributed by atoms with Crippen molar-refractivity contribution in [1.82, 2.24) is 9.80 Å². The van der Waals surface area contributed by atoms with E-state index >= 15 is 0 Å². The molecule has 2 amide bonds. The third kappa shape index (κ3) is 10.8. The van der Waals surface area contributed by atoms with Gasteiger partial charge >= 0.3 is 5.97 Å². The monoisotopic (exact) mass is 589 g/mol. The van der Waals surface area contributed by atoms with Gasteiger partial charge in [0.1, 0.15) is 0 Å². The molecule has 0 atom stereocenters. The lowest BCUT2D eigenvalue weighted by Gasteiger charge is -2.35. The van der Waals surface area contributed by atoms with Crippen molar-refractivity contribution in [3.05, 3.63) is 64.7 Å². The number of hydrogen-bond donors (Lipinski definition) is 1. The summed E-state index contributed by atoms with van der Waals surface area (Å²) in [5, 5.41) is 9.54. The molecule has 40 heavy (non-hydrogen) atoms. The second-order valence-electron chi connectivity index (χ2n) is 10.1. The Morgan fingerprint density at radius 2 is 1.70 bits per heavy atom. The van der Waals surface area contributed by atoms with Gasteiger partial charge in [-0.05, 0) is 74.4 Å². The molecule has 1 aliphatic heterocycles. The Hall–Kier alpha value is -2.59. The first kappa shape index (κ1) is 31.9. The molecule has 0 spiro atoms. The molecule has 0 bridgehead atoms. The maximum atomic E-state index is 13.2. The second kappa shape index (κ2) is 16.6. The van der Waals surface area contributed by atoms with Crippen molar-refractivity contribution in [2.45, 2.75) is 39.2 Å². The number of amides is 2. The van der Waals surface area contributed by atoms with E-state index in [1.165, 1.54) is 17.3 Å². The normalized spacial score (nSPS) is 13.9. The molecule has 218 valence electrons. The summed E-state index contributed by atoms with van der Waals surface area (Å²) in [7, 11) is 0. The van der Waals surface area contributed by atoms with Crippen LogP contribution in [0.5, 0.6) is 0 Å². The van der Waals surface area contributed by atoms with Crippen LogP contribution in [0, 0.1) is 0 Å². The lowest BCUT2D eigenvalue weighted by molar-refractivity contribution is -0.137. The van der Waals surface area contributed by atoms with Crippen LogP contribution in [0.1, 0.15) is 42.6 Å². The number of hydrogen-bond acceptors (Lipinski definition) is 6. The Labute approximate surface area is 246 Å². The number of piperazine rings is 1. The third-order valence-corrected chi connectivity index (χ3v) is 7.97. The lowest BCUT2D eigenvalue weighted by atomic mass is 10.1. The van der Waals surface area contributed by atoms with Crippen LogP contribution in [0.15, 0.2) is 48.5 Å². The fraction of sp³-hybridized carbons (Fsp3) is 0.500. The second-order valence-corrected chi connectivity index (χ2v) is 11.6. The van der Waals surface area contributed by atoms with E-state index in [1.807, 2.05) is 43.0 Å². The average Bonchev–Trinajstić information content (AvgIpc) is 2.94. The SMILES string of the molecule is CC(C)OCCN(C(=O)CSCCCC(=O)O)c1ccc(C(=O)N2CCN(CCc3ccc(Cl)cc3)CC2)cc1. The number of carbonyl (C=O) groups is 3. The number of benzene rings is 2. The van der Waals surface area contributed by atoms with E-state index in [4.69, 9.17) is 21.4 Å². The summed E-state index contributed by atoms with van der Waals surface area (Å²) in [4.78, 5) is 42.9. The number of aliphatic carboxylic acids is 1. The molecular weight excluding hydrogens is 550 g/mol.